The van der Waals surface area contributed by atoms with Gasteiger partial charge >= 0.3 is 0 Å². The highest BCUT2D eigenvalue weighted by molar-refractivity contribution is 7.15. The van der Waals surface area contributed by atoms with Gasteiger partial charge in [-0.3, -0.25) is 4.79 Å². The zero-order valence-electron chi connectivity index (χ0n) is 17.6. The van der Waals surface area contributed by atoms with Crippen molar-refractivity contribution in [3.8, 4) is 28.0 Å². The van der Waals surface area contributed by atoms with Gasteiger partial charge in [-0.15, -0.1) is 10.2 Å². The van der Waals surface area contributed by atoms with Crippen molar-refractivity contribution in [1.29, 1.82) is 5.26 Å². The topological polar surface area (TPSA) is 122 Å². The van der Waals surface area contributed by atoms with Crippen molar-refractivity contribution in [3.63, 3.8) is 0 Å². The molecular weight excluding hydrogens is 410 g/mol. The number of nitrogens with two attached hydrogens (primary N) is 1. The Bertz CT molecular complexity index is 1230. The molecule has 0 saturated carbocycles. The van der Waals surface area contributed by atoms with E-state index in [2.05, 4.69) is 26.2 Å². The molecule has 0 fully saturated rings. The van der Waals surface area contributed by atoms with Crippen LogP contribution >= 0.6 is 11.3 Å². The van der Waals surface area contributed by atoms with Gasteiger partial charge in [0, 0.05) is 30.8 Å². The van der Waals surface area contributed by atoms with E-state index >= 15 is 0 Å². The molecule has 0 bridgehead atoms. The van der Waals surface area contributed by atoms with E-state index in [1.165, 1.54) is 22.4 Å². The van der Waals surface area contributed by atoms with E-state index in [-0.39, 0.29) is 11.7 Å². The first kappa shape index (κ1) is 21.8. The molecule has 156 valence electrons. The molecule has 31 heavy (non-hydrogen) atoms. The number of nitrogen functional groups attached to an aromatic ring is 1. The van der Waals surface area contributed by atoms with Crippen LogP contribution in [0.3, 0.4) is 0 Å². The smallest absolute Gasteiger partial charge is 0.253 e. The molecule has 1 amide bonds. The van der Waals surface area contributed by atoms with E-state index in [1.807, 2.05) is 32.1 Å². The van der Waals surface area contributed by atoms with E-state index in [0.29, 0.717) is 33.1 Å². The Kier molecular flexibility index (Phi) is 6.52. The number of nitrogens with zero attached hydrogens (tertiary/aromatic N) is 6. The molecule has 0 unspecified atom stereocenters. The first-order valence-corrected chi connectivity index (χ1v) is 10.2. The van der Waals surface area contributed by atoms with Crippen LogP contribution < -0.4 is 5.73 Å². The molecule has 8 nitrogen and oxygen atoms in total. The van der Waals surface area contributed by atoms with Gasteiger partial charge in [-0.05, 0) is 26.0 Å². The van der Waals surface area contributed by atoms with Crippen molar-refractivity contribution in [2.75, 3.05) is 19.8 Å². The Morgan fingerprint density at radius 2 is 2.03 bits per heavy atom. The summed E-state index contributed by atoms with van der Waals surface area (Å²) < 4.78 is 0. The van der Waals surface area contributed by atoms with Crippen LogP contribution in [0.15, 0.2) is 42.6 Å². The summed E-state index contributed by atoms with van der Waals surface area (Å²) in [5, 5.41) is 19.4. The van der Waals surface area contributed by atoms with Crippen molar-refractivity contribution in [1.82, 2.24) is 25.1 Å². The number of amides is 1. The van der Waals surface area contributed by atoms with Gasteiger partial charge < -0.3 is 10.6 Å². The van der Waals surface area contributed by atoms with Crippen LogP contribution in [0.4, 0.5) is 5.82 Å². The quantitative estimate of drug-likeness (QED) is 0.610. The van der Waals surface area contributed by atoms with Crippen molar-refractivity contribution in [2.45, 2.75) is 13.8 Å². The minimum Gasteiger partial charge on any atom is -0.382 e. The van der Waals surface area contributed by atoms with E-state index in [9.17, 15) is 10.1 Å². The molecule has 1 aromatic carbocycles. The van der Waals surface area contributed by atoms with E-state index in [1.54, 1.807) is 32.3 Å². The lowest BCUT2D eigenvalue weighted by Crippen LogP contribution is -2.21. The molecule has 9 heteroatoms. The lowest BCUT2D eigenvalue weighted by molar-refractivity contribution is 0.0827. The summed E-state index contributed by atoms with van der Waals surface area (Å²) in [4.78, 5) is 22.5. The molecule has 0 atom stereocenters. The Morgan fingerprint density at radius 3 is 2.68 bits per heavy atom. The third-order valence-electron chi connectivity index (χ3n) is 4.40. The molecule has 0 saturated heterocycles. The lowest BCUT2D eigenvalue weighted by atomic mass is 10.0. The van der Waals surface area contributed by atoms with Crippen LogP contribution in [0.2, 0.25) is 0 Å². The maximum absolute atomic E-state index is 12.2. The first-order chi connectivity index (χ1) is 14.9. The van der Waals surface area contributed by atoms with E-state index in [4.69, 9.17) is 5.73 Å². The first-order valence-electron chi connectivity index (χ1n) is 9.41. The number of benzene rings is 1. The summed E-state index contributed by atoms with van der Waals surface area (Å²) >= 11 is 1.36. The second kappa shape index (κ2) is 9.28. The number of nitriles is 1. The predicted octanol–water partition coefficient (Wildman–Crippen LogP) is 3.80. The average molecular weight is 432 g/mol. The molecule has 2 heterocycles. The maximum Gasteiger partial charge on any atom is 0.253 e. The third-order valence-corrected chi connectivity index (χ3v) is 5.38. The average Bonchev–Trinajstić information content (AvgIpc) is 3.26. The number of hydrogen-bond donors (Lipinski definition) is 1. The van der Waals surface area contributed by atoms with E-state index < -0.39 is 0 Å². The highest BCUT2D eigenvalue weighted by Crippen LogP contribution is 2.32. The number of allylic oxidation sites excluding steroid dienone is 4. The van der Waals surface area contributed by atoms with Crippen molar-refractivity contribution in [2.24, 2.45) is 0 Å². The zero-order chi connectivity index (χ0) is 22.5. The molecule has 0 aliphatic rings. The predicted molar refractivity (Wildman–Crippen MR) is 122 cm³/mol. The summed E-state index contributed by atoms with van der Waals surface area (Å²) in [7, 11) is 3.32. The Morgan fingerprint density at radius 1 is 1.26 bits per heavy atom. The Hall–Kier alpha value is -3.90. The van der Waals surface area contributed by atoms with Crippen molar-refractivity contribution >= 4 is 28.6 Å². The fourth-order valence-corrected chi connectivity index (χ4v) is 3.74. The summed E-state index contributed by atoms with van der Waals surface area (Å²) in [6.45, 7) is 3.86. The Labute approximate surface area is 184 Å². The molecule has 2 N–H and O–H groups in total. The molecule has 0 spiro atoms. The van der Waals surface area contributed by atoms with Crippen molar-refractivity contribution < 1.29 is 4.79 Å². The van der Waals surface area contributed by atoms with Crippen LogP contribution in [-0.4, -0.2) is 45.1 Å². The molecule has 2 aromatic heterocycles. The van der Waals surface area contributed by atoms with Gasteiger partial charge in [0.2, 0.25) is 0 Å². The van der Waals surface area contributed by atoms with Crippen molar-refractivity contribution in [3.05, 3.63) is 58.8 Å². The number of carbonyl (C=O) groups is 1. The highest BCUT2D eigenvalue weighted by Gasteiger charge is 2.18. The summed E-state index contributed by atoms with van der Waals surface area (Å²) in [5.41, 5.74) is 9.16. The van der Waals surface area contributed by atoms with Crippen LogP contribution in [0.1, 0.15) is 34.8 Å². The fourth-order valence-electron chi connectivity index (χ4n) is 2.84. The SMILES string of the molecule is C/C=C\C(=C/C)c1nnc(-c2nc(-c3ccc(C(=O)N(C)C)cc3C#N)cnc2N)s1. The molecule has 0 aliphatic carbocycles. The van der Waals surface area contributed by atoms with Gasteiger partial charge in [-0.2, -0.15) is 5.26 Å². The summed E-state index contributed by atoms with van der Waals surface area (Å²) in [6, 6.07) is 7.03. The second-order valence-electron chi connectivity index (χ2n) is 6.72. The van der Waals surface area contributed by atoms with Crippen LogP contribution in [-0.2, 0) is 0 Å². The van der Waals surface area contributed by atoms with Gasteiger partial charge in [0.15, 0.2) is 10.8 Å². The Balaban J connectivity index is 2.06. The van der Waals surface area contributed by atoms with Gasteiger partial charge in [0.05, 0.1) is 23.5 Å². The monoisotopic (exact) mass is 431 g/mol. The number of anilines is 1. The lowest BCUT2D eigenvalue weighted by Gasteiger charge is -2.12. The van der Waals surface area contributed by atoms with Crippen LogP contribution in [0.25, 0.3) is 27.5 Å². The number of aromatic nitrogens is 4. The minimum atomic E-state index is -0.186. The molecule has 0 aliphatic heterocycles. The van der Waals surface area contributed by atoms with Crippen LogP contribution in [0, 0.1) is 11.3 Å². The van der Waals surface area contributed by atoms with Gasteiger partial charge in [0.1, 0.15) is 10.7 Å². The number of rotatable bonds is 5. The highest BCUT2D eigenvalue weighted by atomic mass is 32.1. The molecule has 3 aromatic rings. The fraction of sp³-hybridized carbons (Fsp3) is 0.182. The van der Waals surface area contributed by atoms with Gasteiger partial charge in [-0.1, -0.05) is 35.6 Å². The molecule has 0 radical (unpaired) electrons. The summed E-state index contributed by atoms with van der Waals surface area (Å²) in [5.74, 6) is 0.0341. The second-order valence-corrected chi connectivity index (χ2v) is 7.69. The number of carbonyl (C=O) groups excluding carboxylic acids is 1. The maximum atomic E-state index is 12.2. The summed E-state index contributed by atoms with van der Waals surface area (Å²) in [6.07, 6.45) is 7.33. The van der Waals surface area contributed by atoms with E-state index in [0.717, 1.165) is 10.6 Å². The molecule has 3 rings (SSSR count). The molecular formula is C22H21N7OS. The standard InChI is InChI=1S/C22H21N7OS/c1-5-7-13(6-2)20-27-28-21(31-20)18-19(24)25-12-17(26-18)16-9-8-14(10-15(16)11-23)22(30)29(3)4/h5-10,12H,1-4H3,(H2,24,25)/b7-5-,13-6+. The van der Waals surface area contributed by atoms with Gasteiger partial charge in [0.25, 0.3) is 5.91 Å². The normalized spacial score (nSPS) is 11.5. The zero-order valence-corrected chi connectivity index (χ0v) is 18.4. The van der Waals surface area contributed by atoms with Crippen LogP contribution in [0.5, 0.6) is 0 Å². The largest absolute Gasteiger partial charge is 0.382 e. The number of hydrogen-bond acceptors (Lipinski definition) is 8. The minimum absolute atomic E-state index is 0.186. The third kappa shape index (κ3) is 4.49. The van der Waals surface area contributed by atoms with Gasteiger partial charge in [-0.25, -0.2) is 9.97 Å².